The molecule has 1 saturated heterocycles. The van der Waals surface area contributed by atoms with Crippen LogP contribution in [0, 0.1) is 0 Å². The Morgan fingerprint density at radius 2 is 1.88 bits per heavy atom. The van der Waals surface area contributed by atoms with E-state index in [1.54, 1.807) is 0 Å². The molecule has 0 unspecified atom stereocenters. The molecule has 2 N–H and O–H groups in total. The van der Waals surface area contributed by atoms with E-state index in [1.165, 1.54) is 37.7 Å². The maximum absolute atomic E-state index is 4.35. The van der Waals surface area contributed by atoms with Crippen LogP contribution < -0.4 is 10.6 Å². The molecule has 0 aromatic heterocycles. The summed E-state index contributed by atoms with van der Waals surface area (Å²) in [5.74, 6) is 0.961. The van der Waals surface area contributed by atoms with Gasteiger partial charge in [-0.15, -0.1) is 24.0 Å². The molecule has 1 fully saturated rings. The van der Waals surface area contributed by atoms with Gasteiger partial charge in [-0.25, -0.2) is 0 Å². The van der Waals surface area contributed by atoms with E-state index in [9.17, 15) is 0 Å². The summed E-state index contributed by atoms with van der Waals surface area (Å²) < 4.78 is 0. The van der Waals surface area contributed by atoms with Gasteiger partial charge in [0.05, 0.1) is 0 Å². The first-order chi connectivity index (χ1) is 11.3. The number of nitrogens with one attached hydrogen (secondary N) is 2. The number of hydrogen-bond acceptors (Lipinski definition) is 2. The fourth-order valence-corrected chi connectivity index (χ4v) is 3.05. The monoisotopic (exact) mass is 444 g/mol. The lowest BCUT2D eigenvalue weighted by Gasteiger charge is -2.33. The first-order valence-corrected chi connectivity index (χ1v) is 9.05. The highest BCUT2D eigenvalue weighted by molar-refractivity contribution is 14.0. The molecule has 24 heavy (non-hydrogen) atoms. The van der Waals surface area contributed by atoms with Gasteiger partial charge in [0.1, 0.15) is 0 Å². The van der Waals surface area contributed by atoms with Gasteiger partial charge in [-0.05, 0) is 24.8 Å². The Balaban J connectivity index is 0.00000288. The minimum absolute atomic E-state index is 0. The molecule has 1 heterocycles. The first kappa shape index (κ1) is 21.2. The van der Waals surface area contributed by atoms with Crippen molar-refractivity contribution >= 4 is 29.9 Å². The lowest BCUT2D eigenvalue weighted by atomic mass is 10.0. The lowest BCUT2D eigenvalue weighted by molar-refractivity contribution is 0.198. The standard InChI is InChI=1S/C19H32N4.HI/c1-3-4-8-13-21-19(20-2)22-18-11-14-23(15-12-18)16-17-9-6-5-7-10-17;/h5-7,9-10,18H,3-4,8,11-16H2,1-2H3,(H2,20,21,22);1H. The molecule has 0 radical (unpaired) electrons. The minimum atomic E-state index is 0. The zero-order valence-electron chi connectivity index (χ0n) is 15.1. The Labute approximate surface area is 164 Å². The summed E-state index contributed by atoms with van der Waals surface area (Å²) >= 11 is 0. The number of unbranched alkanes of at least 4 members (excludes halogenated alkanes) is 2. The molecular formula is C19H33IN4. The van der Waals surface area contributed by atoms with E-state index >= 15 is 0 Å². The van der Waals surface area contributed by atoms with Crippen molar-refractivity contribution in [3.8, 4) is 0 Å². The van der Waals surface area contributed by atoms with Crippen molar-refractivity contribution in [1.29, 1.82) is 0 Å². The van der Waals surface area contributed by atoms with Gasteiger partial charge >= 0.3 is 0 Å². The summed E-state index contributed by atoms with van der Waals surface area (Å²) in [4.78, 5) is 6.89. The molecule has 0 spiro atoms. The third-order valence-corrected chi connectivity index (χ3v) is 4.47. The molecule has 4 nitrogen and oxygen atoms in total. The number of likely N-dealkylation sites (tertiary alicyclic amines) is 1. The average molecular weight is 444 g/mol. The summed E-state index contributed by atoms with van der Waals surface area (Å²) in [6.45, 7) is 6.62. The molecule has 1 aliphatic heterocycles. The van der Waals surface area contributed by atoms with Crippen LogP contribution in [0.1, 0.15) is 44.6 Å². The summed E-state index contributed by atoms with van der Waals surface area (Å²) in [6.07, 6.45) is 6.12. The molecule has 0 saturated carbocycles. The van der Waals surface area contributed by atoms with Crippen LogP contribution in [0.2, 0.25) is 0 Å². The number of piperidine rings is 1. The van der Waals surface area contributed by atoms with Crippen LogP contribution in [0.25, 0.3) is 0 Å². The van der Waals surface area contributed by atoms with Gasteiger partial charge in [-0.2, -0.15) is 0 Å². The number of halogens is 1. The van der Waals surface area contributed by atoms with E-state index in [0.29, 0.717) is 6.04 Å². The van der Waals surface area contributed by atoms with Crippen molar-refractivity contribution in [2.24, 2.45) is 4.99 Å². The van der Waals surface area contributed by atoms with Crippen molar-refractivity contribution in [2.45, 2.75) is 51.6 Å². The van der Waals surface area contributed by atoms with E-state index in [4.69, 9.17) is 0 Å². The maximum atomic E-state index is 4.35. The van der Waals surface area contributed by atoms with E-state index < -0.39 is 0 Å². The van der Waals surface area contributed by atoms with Crippen molar-refractivity contribution in [1.82, 2.24) is 15.5 Å². The number of hydrogen-bond donors (Lipinski definition) is 2. The van der Waals surface area contributed by atoms with Crippen LogP contribution in [0.3, 0.4) is 0 Å². The molecule has 0 bridgehead atoms. The van der Waals surface area contributed by atoms with Gasteiger partial charge < -0.3 is 10.6 Å². The number of guanidine groups is 1. The van der Waals surface area contributed by atoms with Gasteiger partial charge in [0, 0.05) is 39.3 Å². The molecule has 1 aliphatic rings. The molecule has 1 aromatic rings. The number of aliphatic imine (C=N–C) groups is 1. The van der Waals surface area contributed by atoms with Crippen molar-refractivity contribution in [3.63, 3.8) is 0 Å². The van der Waals surface area contributed by atoms with Crippen molar-refractivity contribution in [3.05, 3.63) is 35.9 Å². The van der Waals surface area contributed by atoms with Crippen molar-refractivity contribution < 1.29 is 0 Å². The summed E-state index contributed by atoms with van der Waals surface area (Å²) in [5.41, 5.74) is 1.41. The molecule has 5 heteroatoms. The van der Waals surface area contributed by atoms with Crippen LogP contribution in [0.5, 0.6) is 0 Å². The Morgan fingerprint density at radius 3 is 2.50 bits per heavy atom. The average Bonchev–Trinajstić information content (AvgIpc) is 2.60. The molecule has 0 aliphatic carbocycles. The van der Waals surface area contributed by atoms with Gasteiger partial charge in [-0.1, -0.05) is 50.1 Å². The van der Waals surface area contributed by atoms with Crippen molar-refractivity contribution in [2.75, 3.05) is 26.7 Å². The summed E-state index contributed by atoms with van der Waals surface area (Å²) in [7, 11) is 1.86. The van der Waals surface area contributed by atoms with E-state index in [2.05, 4.69) is 57.8 Å². The largest absolute Gasteiger partial charge is 0.356 e. The van der Waals surface area contributed by atoms with Crippen LogP contribution in [-0.2, 0) is 6.54 Å². The Kier molecular flexibility index (Phi) is 11.1. The third-order valence-electron chi connectivity index (χ3n) is 4.47. The second-order valence-corrected chi connectivity index (χ2v) is 6.39. The predicted molar refractivity (Wildman–Crippen MR) is 114 cm³/mol. The number of rotatable bonds is 7. The van der Waals surface area contributed by atoms with Crippen LogP contribution >= 0.6 is 24.0 Å². The Morgan fingerprint density at radius 1 is 1.17 bits per heavy atom. The highest BCUT2D eigenvalue weighted by atomic mass is 127. The molecular weight excluding hydrogens is 411 g/mol. The molecule has 0 amide bonds. The smallest absolute Gasteiger partial charge is 0.191 e. The molecule has 136 valence electrons. The summed E-state index contributed by atoms with van der Waals surface area (Å²) in [6, 6.07) is 11.3. The van der Waals surface area contributed by atoms with Gasteiger partial charge in [0.2, 0.25) is 0 Å². The highest BCUT2D eigenvalue weighted by Gasteiger charge is 2.19. The quantitative estimate of drug-likeness (QED) is 0.292. The normalized spacial score (nSPS) is 16.5. The maximum Gasteiger partial charge on any atom is 0.191 e. The topological polar surface area (TPSA) is 39.7 Å². The summed E-state index contributed by atoms with van der Waals surface area (Å²) in [5, 5.41) is 7.01. The molecule has 1 aromatic carbocycles. The van der Waals surface area contributed by atoms with E-state index in [-0.39, 0.29) is 24.0 Å². The van der Waals surface area contributed by atoms with Gasteiger partial charge in [0.15, 0.2) is 5.96 Å². The zero-order valence-corrected chi connectivity index (χ0v) is 17.5. The predicted octanol–water partition coefficient (Wildman–Crippen LogP) is 3.62. The van der Waals surface area contributed by atoms with E-state index in [0.717, 1.165) is 32.1 Å². The lowest BCUT2D eigenvalue weighted by Crippen LogP contribution is -2.48. The van der Waals surface area contributed by atoms with Crippen LogP contribution in [-0.4, -0.2) is 43.6 Å². The minimum Gasteiger partial charge on any atom is -0.356 e. The second-order valence-electron chi connectivity index (χ2n) is 6.39. The van der Waals surface area contributed by atoms with Crippen LogP contribution in [0.4, 0.5) is 0 Å². The fourth-order valence-electron chi connectivity index (χ4n) is 3.05. The fraction of sp³-hybridized carbons (Fsp3) is 0.632. The van der Waals surface area contributed by atoms with E-state index in [1.807, 2.05) is 7.05 Å². The first-order valence-electron chi connectivity index (χ1n) is 9.05. The molecule has 2 rings (SSSR count). The zero-order chi connectivity index (χ0) is 16.3. The van der Waals surface area contributed by atoms with Gasteiger partial charge in [-0.3, -0.25) is 9.89 Å². The highest BCUT2D eigenvalue weighted by Crippen LogP contribution is 2.13. The third kappa shape index (κ3) is 7.83. The SMILES string of the molecule is CCCCCNC(=NC)NC1CCN(Cc2ccccc2)CC1.I. The molecule has 0 atom stereocenters. The van der Waals surface area contributed by atoms with Gasteiger partial charge in [0.25, 0.3) is 0 Å². The second kappa shape index (κ2) is 12.5. The Hall–Kier alpha value is -0.820. The van der Waals surface area contributed by atoms with Crippen LogP contribution in [0.15, 0.2) is 35.3 Å². The number of nitrogens with zero attached hydrogens (tertiary/aromatic N) is 2. The Bertz CT molecular complexity index is 456. The number of benzene rings is 1.